The standard InChI is InChI=1S/C21H24N6O3/c1-13(2)24-17-11-15(3-4-16(17)12-22)18-25-19(30-26-18)14-5-8-27(9-6-14)21(28)20-23-7-10-29-20/h3-4,7,10-14,22,24H,5-6,8-9H2,1-2H3. The van der Waals surface area contributed by atoms with Gasteiger partial charge in [-0.1, -0.05) is 17.3 Å². The largest absolute Gasteiger partial charge is 0.441 e. The van der Waals surface area contributed by atoms with Crippen LogP contribution in [0.1, 0.15) is 54.7 Å². The number of rotatable bonds is 6. The number of hydrogen-bond donors (Lipinski definition) is 2. The SMILES string of the molecule is CC(C)Nc1cc(-c2noc(C3CCN(C(=O)c4ncco4)CC3)n2)ccc1C=N. The van der Waals surface area contributed by atoms with E-state index in [0.29, 0.717) is 24.8 Å². The second-order valence-electron chi connectivity index (χ2n) is 7.61. The number of likely N-dealkylation sites (tertiary alicyclic amines) is 1. The molecule has 0 aliphatic carbocycles. The first-order valence-corrected chi connectivity index (χ1v) is 9.99. The molecule has 2 aromatic heterocycles. The van der Waals surface area contributed by atoms with Crippen molar-refractivity contribution in [1.29, 1.82) is 5.41 Å². The lowest BCUT2D eigenvalue weighted by atomic mass is 9.96. The molecule has 0 bridgehead atoms. The molecule has 1 aliphatic heterocycles. The molecule has 0 radical (unpaired) electrons. The average Bonchev–Trinajstić information content (AvgIpc) is 3.45. The van der Waals surface area contributed by atoms with Crippen LogP contribution in [0, 0.1) is 5.41 Å². The minimum absolute atomic E-state index is 0.106. The summed E-state index contributed by atoms with van der Waals surface area (Å²) in [6.45, 7) is 5.26. The van der Waals surface area contributed by atoms with Crippen LogP contribution < -0.4 is 5.32 Å². The first-order valence-electron chi connectivity index (χ1n) is 9.99. The molecule has 1 aromatic carbocycles. The maximum Gasteiger partial charge on any atom is 0.309 e. The smallest absolute Gasteiger partial charge is 0.309 e. The summed E-state index contributed by atoms with van der Waals surface area (Å²) in [6, 6.07) is 5.93. The Balaban J connectivity index is 1.45. The van der Waals surface area contributed by atoms with Gasteiger partial charge in [0, 0.05) is 48.1 Å². The van der Waals surface area contributed by atoms with Crippen molar-refractivity contribution in [2.75, 3.05) is 18.4 Å². The number of anilines is 1. The predicted octanol–water partition coefficient (Wildman–Crippen LogP) is 3.56. The zero-order chi connectivity index (χ0) is 21.1. The summed E-state index contributed by atoms with van der Waals surface area (Å²) in [5.74, 6) is 1.14. The van der Waals surface area contributed by atoms with Crippen LogP contribution in [0.3, 0.4) is 0 Å². The lowest BCUT2D eigenvalue weighted by molar-refractivity contribution is 0.0664. The number of carbonyl (C=O) groups is 1. The van der Waals surface area contributed by atoms with Gasteiger partial charge in [-0.2, -0.15) is 4.98 Å². The Morgan fingerprint density at radius 2 is 2.13 bits per heavy atom. The van der Waals surface area contributed by atoms with E-state index in [1.165, 1.54) is 18.7 Å². The number of nitrogens with one attached hydrogen (secondary N) is 2. The molecule has 1 aliphatic rings. The van der Waals surface area contributed by atoms with Crippen LogP contribution in [0.5, 0.6) is 0 Å². The van der Waals surface area contributed by atoms with Gasteiger partial charge < -0.3 is 24.6 Å². The third-order valence-electron chi connectivity index (χ3n) is 5.10. The molecule has 0 unspecified atom stereocenters. The predicted molar refractivity (Wildman–Crippen MR) is 111 cm³/mol. The highest BCUT2D eigenvalue weighted by molar-refractivity contribution is 5.89. The molecule has 30 heavy (non-hydrogen) atoms. The van der Waals surface area contributed by atoms with Crippen molar-refractivity contribution in [3.63, 3.8) is 0 Å². The number of piperidine rings is 1. The molecule has 4 rings (SSSR count). The first-order chi connectivity index (χ1) is 14.5. The highest BCUT2D eigenvalue weighted by Crippen LogP contribution is 2.30. The minimum Gasteiger partial charge on any atom is -0.441 e. The molecule has 3 heterocycles. The summed E-state index contributed by atoms with van der Waals surface area (Å²) in [5, 5.41) is 15.1. The maximum atomic E-state index is 12.4. The number of oxazole rings is 1. The van der Waals surface area contributed by atoms with Crippen molar-refractivity contribution in [1.82, 2.24) is 20.0 Å². The molecule has 3 aromatic rings. The number of aromatic nitrogens is 3. The molecule has 156 valence electrons. The van der Waals surface area contributed by atoms with Crippen LogP contribution >= 0.6 is 0 Å². The monoisotopic (exact) mass is 408 g/mol. The summed E-state index contributed by atoms with van der Waals surface area (Å²) in [4.78, 5) is 22.6. The number of nitrogens with zero attached hydrogens (tertiary/aromatic N) is 4. The van der Waals surface area contributed by atoms with Crippen molar-refractivity contribution < 1.29 is 13.7 Å². The average molecular weight is 408 g/mol. The topological polar surface area (TPSA) is 121 Å². The van der Waals surface area contributed by atoms with Crippen LogP contribution in [0.25, 0.3) is 11.4 Å². The highest BCUT2D eigenvalue weighted by Gasteiger charge is 2.29. The second-order valence-corrected chi connectivity index (χ2v) is 7.61. The Morgan fingerprint density at radius 3 is 2.80 bits per heavy atom. The Bertz CT molecular complexity index is 1020. The van der Waals surface area contributed by atoms with E-state index < -0.39 is 0 Å². The number of benzene rings is 1. The van der Waals surface area contributed by atoms with Crippen molar-refractivity contribution >= 4 is 17.8 Å². The van der Waals surface area contributed by atoms with Crippen LogP contribution in [0.15, 0.2) is 39.6 Å². The zero-order valence-electron chi connectivity index (χ0n) is 17.0. The van der Waals surface area contributed by atoms with Gasteiger partial charge in [0.2, 0.25) is 11.7 Å². The molecule has 9 heteroatoms. The minimum atomic E-state index is -0.193. The summed E-state index contributed by atoms with van der Waals surface area (Å²) < 4.78 is 10.6. The van der Waals surface area contributed by atoms with Crippen LogP contribution in [-0.4, -0.2) is 51.3 Å². The summed E-state index contributed by atoms with van der Waals surface area (Å²) in [6.07, 6.45) is 5.67. The van der Waals surface area contributed by atoms with Crippen molar-refractivity contribution in [2.45, 2.75) is 38.6 Å². The summed E-state index contributed by atoms with van der Waals surface area (Å²) >= 11 is 0. The Kier molecular flexibility index (Phi) is 5.60. The number of amides is 1. The van der Waals surface area contributed by atoms with Gasteiger partial charge in [-0.05, 0) is 32.8 Å². The summed E-state index contributed by atoms with van der Waals surface area (Å²) in [5.41, 5.74) is 2.50. The fraction of sp³-hybridized carbons (Fsp3) is 0.381. The molecule has 9 nitrogen and oxygen atoms in total. The van der Waals surface area contributed by atoms with Crippen molar-refractivity contribution in [2.24, 2.45) is 0 Å². The molecular weight excluding hydrogens is 384 g/mol. The zero-order valence-corrected chi connectivity index (χ0v) is 17.0. The lowest BCUT2D eigenvalue weighted by Crippen LogP contribution is -2.38. The molecule has 0 atom stereocenters. The second kappa shape index (κ2) is 8.48. The molecule has 0 saturated carbocycles. The van der Waals surface area contributed by atoms with Gasteiger partial charge in [-0.3, -0.25) is 4.79 Å². The van der Waals surface area contributed by atoms with Gasteiger partial charge in [-0.25, -0.2) is 4.98 Å². The molecule has 1 saturated heterocycles. The van der Waals surface area contributed by atoms with Gasteiger partial charge in [-0.15, -0.1) is 0 Å². The summed E-state index contributed by atoms with van der Waals surface area (Å²) in [7, 11) is 0. The van der Waals surface area contributed by atoms with Gasteiger partial charge in [0.15, 0.2) is 0 Å². The lowest BCUT2D eigenvalue weighted by Gasteiger charge is -2.29. The van der Waals surface area contributed by atoms with Crippen molar-refractivity contribution in [3.8, 4) is 11.4 Å². The van der Waals surface area contributed by atoms with Gasteiger partial charge in [0.05, 0.1) is 6.20 Å². The number of carbonyl (C=O) groups excluding carboxylic acids is 1. The molecule has 1 fully saturated rings. The Labute approximate surface area is 174 Å². The van der Waals surface area contributed by atoms with E-state index in [0.717, 1.165) is 29.7 Å². The van der Waals surface area contributed by atoms with Gasteiger partial charge in [0.1, 0.15) is 6.26 Å². The van der Waals surface area contributed by atoms with Crippen LogP contribution in [0.2, 0.25) is 0 Å². The quantitative estimate of drug-likeness (QED) is 0.598. The number of hydrogen-bond acceptors (Lipinski definition) is 8. The van der Waals surface area contributed by atoms with Gasteiger partial charge in [0.25, 0.3) is 5.89 Å². The van der Waals surface area contributed by atoms with E-state index in [1.54, 1.807) is 4.90 Å². The third-order valence-corrected chi connectivity index (χ3v) is 5.10. The van der Waals surface area contributed by atoms with E-state index in [9.17, 15) is 4.79 Å². The molecule has 2 N–H and O–H groups in total. The van der Waals surface area contributed by atoms with E-state index >= 15 is 0 Å². The fourth-order valence-electron chi connectivity index (χ4n) is 3.57. The molecular formula is C21H24N6O3. The Morgan fingerprint density at radius 1 is 1.33 bits per heavy atom. The third kappa shape index (κ3) is 4.10. The van der Waals surface area contributed by atoms with Crippen LogP contribution in [-0.2, 0) is 0 Å². The normalized spacial score (nSPS) is 14.8. The molecule has 1 amide bonds. The van der Waals surface area contributed by atoms with E-state index in [-0.39, 0.29) is 23.8 Å². The maximum absolute atomic E-state index is 12.4. The van der Waals surface area contributed by atoms with Crippen LogP contribution in [0.4, 0.5) is 5.69 Å². The fourth-order valence-corrected chi connectivity index (χ4v) is 3.57. The molecule has 0 spiro atoms. The van der Waals surface area contributed by atoms with E-state index in [1.807, 2.05) is 32.0 Å². The highest BCUT2D eigenvalue weighted by atomic mass is 16.5. The van der Waals surface area contributed by atoms with Crippen molar-refractivity contribution in [3.05, 3.63) is 48.0 Å². The van der Waals surface area contributed by atoms with E-state index in [2.05, 4.69) is 20.4 Å². The van der Waals surface area contributed by atoms with E-state index in [4.69, 9.17) is 14.3 Å². The Hall–Kier alpha value is -3.49. The first kappa shape index (κ1) is 19.8. The van der Waals surface area contributed by atoms with Gasteiger partial charge >= 0.3 is 5.91 Å².